The fourth-order valence-electron chi connectivity index (χ4n) is 1.09. The van der Waals surface area contributed by atoms with Crippen LogP contribution in [-0.4, -0.2) is 19.5 Å². The molecule has 0 N–H and O–H groups in total. The van der Waals surface area contributed by atoms with Crippen molar-refractivity contribution in [2.24, 2.45) is 0 Å². The van der Waals surface area contributed by atoms with Crippen molar-refractivity contribution in [3.8, 4) is 0 Å². The Labute approximate surface area is 102 Å². The first kappa shape index (κ1) is 14.2. The molecule has 4 heteroatoms. The summed E-state index contributed by atoms with van der Waals surface area (Å²) in [6.07, 6.45) is 0.686. The SMILES string of the molecule is CCOC(Cc1[c-]scc1)OCC.[Li+]. The Kier molecular flexibility index (Phi) is 8.65. The van der Waals surface area contributed by atoms with Crippen LogP contribution in [0.25, 0.3) is 0 Å². The van der Waals surface area contributed by atoms with Gasteiger partial charge in [-0.15, -0.1) is 5.38 Å². The second-order valence-electron chi connectivity index (χ2n) is 2.59. The minimum Gasteiger partial charge on any atom is -0.353 e. The fourth-order valence-corrected chi connectivity index (χ4v) is 1.69. The summed E-state index contributed by atoms with van der Waals surface area (Å²) in [6.45, 7) is 5.33. The van der Waals surface area contributed by atoms with E-state index in [2.05, 4.69) is 11.4 Å². The van der Waals surface area contributed by atoms with Gasteiger partial charge in [-0.2, -0.15) is 10.9 Å². The second kappa shape index (κ2) is 8.52. The Morgan fingerprint density at radius 2 is 2.00 bits per heavy atom. The van der Waals surface area contributed by atoms with Crippen LogP contribution in [0.15, 0.2) is 11.4 Å². The van der Waals surface area contributed by atoms with E-state index in [0.29, 0.717) is 13.2 Å². The van der Waals surface area contributed by atoms with E-state index in [4.69, 9.17) is 9.47 Å². The quantitative estimate of drug-likeness (QED) is 0.355. The molecule has 0 fully saturated rings. The average Bonchev–Trinajstić information content (AvgIpc) is 2.58. The molecule has 0 bridgehead atoms. The van der Waals surface area contributed by atoms with E-state index in [1.807, 2.05) is 19.2 Å². The van der Waals surface area contributed by atoms with Gasteiger partial charge in [-0.3, -0.25) is 0 Å². The summed E-state index contributed by atoms with van der Waals surface area (Å²) in [7, 11) is 0. The van der Waals surface area contributed by atoms with Crippen LogP contribution in [0.5, 0.6) is 0 Å². The van der Waals surface area contributed by atoms with Gasteiger partial charge in [0.05, 0.1) is 0 Å². The molecule has 14 heavy (non-hydrogen) atoms. The van der Waals surface area contributed by atoms with Crippen molar-refractivity contribution in [2.75, 3.05) is 13.2 Å². The maximum Gasteiger partial charge on any atom is 1.00 e. The average molecular weight is 206 g/mol. The molecule has 2 nitrogen and oxygen atoms in total. The van der Waals surface area contributed by atoms with Gasteiger partial charge < -0.3 is 20.8 Å². The number of thiophene rings is 1. The van der Waals surface area contributed by atoms with Crippen LogP contribution in [0.1, 0.15) is 19.4 Å². The van der Waals surface area contributed by atoms with Crippen LogP contribution >= 0.6 is 11.3 Å². The maximum atomic E-state index is 5.42. The third-order valence-electron chi connectivity index (χ3n) is 1.62. The van der Waals surface area contributed by atoms with Gasteiger partial charge in [-0.25, -0.2) is 6.07 Å². The first-order valence-corrected chi connectivity index (χ1v) is 5.42. The monoisotopic (exact) mass is 206 g/mol. The molecule has 0 amide bonds. The van der Waals surface area contributed by atoms with Crippen LogP contribution < -0.4 is 18.9 Å². The summed E-state index contributed by atoms with van der Waals surface area (Å²) in [5.74, 6) is 0. The van der Waals surface area contributed by atoms with Crippen molar-refractivity contribution < 1.29 is 28.3 Å². The van der Waals surface area contributed by atoms with Gasteiger partial charge >= 0.3 is 18.9 Å². The molecule has 0 atom stereocenters. The van der Waals surface area contributed by atoms with Crippen LogP contribution in [0.2, 0.25) is 0 Å². The molecule has 0 spiro atoms. The zero-order chi connectivity index (χ0) is 9.52. The normalized spacial score (nSPS) is 10.2. The molecule has 0 aliphatic carbocycles. The predicted octanol–water partition coefficient (Wildman–Crippen LogP) is -0.506. The molecule has 0 saturated carbocycles. The molecule has 0 radical (unpaired) electrons. The molecule has 1 aromatic heterocycles. The summed E-state index contributed by atoms with van der Waals surface area (Å²) >= 11 is 1.58. The topological polar surface area (TPSA) is 18.5 Å². The first-order valence-electron chi connectivity index (χ1n) is 4.54. The van der Waals surface area contributed by atoms with Gasteiger partial charge in [0.25, 0.3) is 0 Å². The van der Waals surface area contributed by atoms with Crippen molar-refractivity contribution >= 4 is 11.3 Å². The van der Waals surface area contributed by atoms with E-state index in [1.165, 1.54) is 0 Å². The number of rotatable bonds is 6. The third-order valence-corrected chi connectivity index (χ3v) is 2.27. The minimum atomic E-state index is -0.110. The summed E-state index contributed by atoms with van der Waals surface area (Å²) in [5.41, 5.74) is 1.16. The Morgan fingerprint density at radius 1 is 1.36 bits per heavy atom. The van der Waals surface area contributed by atoms with Gasteiger partial charge in [0, 0.05) is 19.6 Å². The largest absolute Gasteiger partial charge is 1.00 e. The van der Waals surface area contributed by atoms with Crippen molar-refractivity contribution in [3.63, 3.8) is 0 Å². The van der Waals surface area contributed by atoms with E-state index in [-0.39, 0.29) is 25.2 Å². The summed E-state index contributed by atoms with van der Waals surface area (Å²) in [4.78, 5) is 0. The number of hydrogen-bond donors (Lipinski definition) is 0. The fraction of sp³-hybridized carbons (Fsp3) is 0.600. The Bertz CT molecular complexity index is 208. The summed E-state index contributed by atoms with van der Waals surface area (Å²) in [5, 5.41) is 5.18. The smallest absolute Gasteiger partial charge is 0.353 e. The molecule has 1 aromatic rings. The Balaban J connectivity index is 0.00000169. The van der Waals surface area contributed by atoms with E-state index in [0.717, 1.165) is 12.0 Å². The van der Waals surface area contributed by atoms with Gasteiger partial charge in [0.1, 0.15) is 0 Å². The van der Waals surface area contributed by atoms with Crippen molar-refractivity contribution in [2.45, 2.75) is 26.6 Å². The van der Waals surface area contributed by atoms with Gasteiger partial charge in [0.2, 0.25) is 0 Å². The molecule has 0 aliphatic rings. The van der Waals surface area contributed by atoms with E-state index < -0.39 is 0 Å². The molecule has 1 heterocycles. The van der Waals surface area contributed by atoms with Crippen molar-refractivity contribution in [1.82, 2.24) is 0 Å². The first-order chi connectivity index (χ1) is 6.36. The van der Waals surface area contributed by atoms with Crippen LogP contribution in [0.3, 0.4) is 0 Å². The van der Waals surface area contributed by atoms with E-state index >= 15 is 0 Å². The summed E-state index contributed by atoms with van der Waals surface area (Å²) in [6, 6.07) is 2.05. The molecule has 0 aromatic carbocycles. The van der Waals surface area contributed by atoms with Crippen LogP contribution in [0, 0.1) is 5.38 Å². The standard InChI is InChI=1S/C10H15O2S.Li/c1-3-11-10(12-4-2)7-9-5-6-13-8-9;/h5-6,10H,3-4,7H2,1-2H3;/q-1;+1. The molecular formula is C10H15LiO2S. The molecule has 0 unspecified atom stereocenters. The van der Waals surface area contributed by atoms with E-state index in [1.54, 1.807) is 11.3 Å². The zero-order valence-electron chi connectivity index (χ0n) is 9.08. The predicted molar refractivity (Wildman–Crippen MR) is 53.9 cm³/mol. The molecular weight excluding hydrogens is 191 g/mol. The van der Waals surface area contributed by atoms with Crippen molar-refractivity contribution in [3.05, 3.63) is 22.4 Å². The number of hydrogen-bond acceptors (Lipinski definition) is 3. The summed E-state index contributed by atoms with van der Waals surface area (Å²) < 4.78 is 10.8. The Morgan fingerprint density at radius 3 is 2.43 bits per heavy atom. The van der Waals surface area contributed by atoms with Gasteiger partial charge in [-0.1, -0.05) is 0 Å². The number of ether oxygens (including phenoxy) is 2. The third kappa shape index (κ3) is 5.19. The maximum absolute atomic E-state index is 5.42. The van der Waals surface area contributed by atoms with Crippen LogP contribution in [-0.2, 0) is 15.9 Å². The van der Waals surface area contributed by atoms with Crippen molar-refractivity contribution in [1.29, 1.82) is 0 Å². The van der Waals surface area contributed by atoms with Gasteiger partial charge in [0.15, 0.2) is 6.29 Å². The van der Waals surface area contributed by atoms with Gasteiger partial charge in [-0.05, 0) is 13.8 Å². The van der Waals surface area contributed by atoms with Crippen LogP contribution in [0.4, 0.5) is 0 Å². The van der Waals surface area contributed by atoms with E-state index in [9.17, 15) is 0 Å². The molecule has 0 saturated heterocycles. The second-order valence-corrected chi connectivity index (χ2v) is 3.30. The molecule has 0 aliphatic heterocycles. The Hall–Kier alpha value is 0.217. The molecule has 74 valence electrons. The molecule has 1 rings (SSSR count). The minimum absolute atomic E-state index is 0. The zero-order valence-corrected chi connectivity index (χ0v) is 9.89.